The molecule has 7 nitrogen and oxygen atoms in total. The molecule has 1 aliphatic rings. The highest BCUT2D eigenvalue weighted by atomic mass is 32.1. The summed E-state index contributed by atoms with van der Waals surface area (Å²) in [7, 11) is 1.56. The van der Waals surface area contributed by atoms with Crippen LogP contribution in [-0.4, -0.2) is 34.1 Å². The molecule has 0 bridgehead atoms. The number of nitrogens with zero attached hydrogens (tertiary/aromatic N) is 3. The van der Waals surface area contributed by atoms with Crippen molar-refractivity contribution in [3.63, 3.8) is 0 Å². The third-order valence-electron chi connectivity index (χ3n) is 4.64. The molecule has 4 rings (SSSR count). The van der Waals surface area contributed by atoms with Gasteiger partial charge in [-0.3, -0.25) is 14.5 Å². The molecular formula is C21H17N3O4S. The van der Waals surface area contributed by atoms with Crippen LogP contribution in [0.15, 0.2) is 60.2 Å². The first kappa shape index (κ1) is 18.8. The summed E-state index contributed by atoms with van der Waals surface area (Å²) in [5, 5.41) is 19.9. The predicted molar refractivity (Wildman–Crippen MR) is 109 cm³/mol. The molecule has 0 aliphatic carbocycles. The number of carbonyl (C=O) groups is 2. The number of ketones is 1. The fraction of sp³-hybridized carbons (Fsp3) is 0.143. The van der Waals surface area contributed by atoms with Crippen LogP contribution in [-0.2, 0) is 9.59 Å². The summed E-state index contributed by atoms with van der Waals surface area (Å²) in [6, 6.07) is 14.8. The van der Waals surface area contributed by atoms with Gasteiger partial charge in [-0.25, -0.2) is 0 Å². The van der Waals surface area contributed by atoms with Crippen LogP contribution in [0.25, 0.3) is 5.76 Å². The van der Waals surface area contributed by atoms with Crippen LogP contribution in [0.5, 0.6) is 5.75 Å². The van der Waals surface area contributed by atoms with Gasteiger partial charge in [-0.2, -0.15) is 0 Å². The monoisotopic (exact) mass is 407 g/mol. The van der Waals surface area contributed by atoms with Crippen LogP contribution in [0.4, 0.5) is 5.13 Å². The van der Waals surface area contributed by atoms with E-state index in [2.05, 4.69) is 10.2 Å². The van der Waals surface area contributed by atoms with Crippen LogP contribution in [0.3, 0.4) is 0 Å². The van der Waals surface area contributed by atoms with Crippen molar-refractivity contribution in [3.05, 3.63) is 76.3 Å². The summed E-state index contributed by atoms with van der Waals surface area (Å²) in [4.78, 5) is 27.1. The number of rotatable bonds is 4. The van der Waals surface area contributed by atoms with E-state index < -0.39 is 17.7 Å². The van der Waals surface area contributed by atoms with Crippen molar-refractivity contribution in [2.24, 2.45) is 0 Å². The first-order valence-electron chi connectivity index (χ1n) is 8.81. The van der Waals surface area contributed by atoms with Gasteiger partial charge in [0.1, 0.15) is 16.5 Å². The molecule has 1 N–H and O–H groups in total. The number of ether oxygens (including phenoxy) is 1. The van der Waals surface area contributed by atoms with Crippen molar-refractivity contribution in [3.8, 4) is 5.75 Å². The molecule has 2 heterocycles. The average molecular weight is 407 g/mol. The summed E-state index contributed by atoms with van der Waals surface area (Å²) >= 11 is 1.21. The van der Waals surface area contributed by atoms with Crippen LogP contribution in [0.2, 0.25) is 0 Å². The maximum absolute atomic E-state index is 12.9. The highest BCUT2D eigenvalue weighted by Gasteiger charge is 2.48. The number of hydrogen-bond acceptors (Lipinski definition) is 7. The molecule has 0 saturated carbocycles. The van der Waals surface area contributed by atoms with Crippen LogP contribution >= 0.6 is 11.3 Å². The summed E-state index contributed by atoms with van der Waals surface area (Å²) in [5.41, 5.74) is 1.12. The molecule has 0 radical (unpaired) electrons. The van der Waals surface area contributed by atoms with E-state index in [1.807, 2.05) is 0 Å². The third kappa shape index (κ3) is 3.27. The molecule has 1 aliphatic heterocycles. The Hall–Kier alpha value is -3.52. The molecular weight excluding hydrogens is 390 g/mol. The Morgan fingerprint density at radius 2 is 1.76 bits per heavy atom. The number of benzene rings is 2. The molecule has 2 aromatic carbocycles. The fourth-order valence-corrected chi connectivity index (χ4v) is 3.98. The van der Waals surface area contributed by atoms with Gasteiger partial charge < -0.3 is 9.84 Å². The Morgan fingerprint density at radius 1 is 1.07 bits per heavy atom. The number of amides is 1. The Balaban J connectivity index is 1.92. The standard InChI is InChI=1S/C21H17N3O4S/c1-12-22-23-21(29-12)24-17(13-8-10-15(28-2)11-9-13)16(19(26)20(24)27)18(25)14-6-4-3-5-7-14/h3-11,17,25H,1-2H3/t17-/m1/s1. The minimum Gasteiger partial charge on any atom is -0.507 e. The van der Waals surface area contributed by atoms with E-state index in [1.54, 1.807) is 68.6 Å². The van der Waals surface area contributed by atoms with Crippen LogP contribution in [0.1, 0.15) is 22.2 Å². The molecule has 1 amide bonds. The van der Waals surface area contributed by atoms with E-state index in [0.717, 1.165) is 0 Å². The molecule has 1 aromatic heterocycles. The molecule has 29 heavy (non-hydrogen) atoms. The number of anilines is 1. The molecule has 1 atom stereocenters. The van der Waals surface area contributed by atoms with E-state index in [-0.39, 0.29) is 11.3 Å². The molecule has 1 fully saturated rings. The number of methoxy groups -OCH3 is 1. The number of hydrogen-bond donors (Lipinski definition) is 1. The van der Waals surface area contributed by atoms with Gasteiger partial charge in [-0.05, 0) is 24.6 Å². The molecule has 146 valence electrons. The minimum absolute atomic E-state index is 0.0132. The van der Waals surface area contributed by atoms with Gasteiger partial charge in [0.05, 0.1) is 18.7 Å². The summed E-state index contributed by atoms with van der Waals surface area (Å²) < 4.78 is 5.20. The number of aliphatic hydroxyl groups is 1. The van der Waals surface area contributed by atoms with Crippen molar-refractivity contribution in [1.29, 1.82) is 0 Å². The Morgan fingerprint density at radius 3 is 2.34 bits per heavy atom. The van der Waals surface area contributed by atoms with Gasteiger partial charge in [0.2, 0.25) is 5.13 Å². The van der Waals surface area contributed by atoms with Gasteiger partial charge in [-0.1, -0.05) is 53.8 Å². The van der Waals surface area contributed by atoms with E-state index in [0.29, 0.717) is 27.0 Å². The number of aromatic nitrogens is 2. The zero-order chi connectivity index (χ0) is 20.5. The Kier molecular flexibility index (Phi) is 4.85. The lowest BCUT2D eigenvalue weighted by atomic mass is 9.95. The second kappa shape index (κ2) is 7.48. The topological polar surface area (TPSA) is 92.6 Å². The molecule has 1 saturated heterocycles. The summed E-state index contributed by atoms with van der Waals surface area (Å²) in [6.07, 6.45) is 0. The normalized spacial score (nSPS) is 18.3. The van der Waals surface area contributed by atoms with Crippen molar-refractivity contribution in [1.82, 2.24) is 10.2 Å². The first-order valence-corrected chi connectivity index (χ1v) is 9.63. The van der Waals surface area contributed by atoms with Gasteiger partial charge in [0, 0.05) is 5.56 Å². The van der Waals surface area contributed by atoms with Gasteiger partial charge in [0.15, 0.2) is 0 Å². The van der Waals surface area contributed by atoms with E-state index in [4.69, 9.17) is 4.74 Å². The number of aliphatic hydroxyl groups excluding tert-OH is 1. The lowest BCUT2D eigenvalue weighted by Crippen LogP contribution is -2.29. The number of Topliss-reactive ketones (excluding diaryl/α,β-unsaturated/α-hetero) is 1. The van der Waals surface area contributed by atoms with Gasteiger partial charge in [-0.15, -0.1) is 10.2 Å². The second-order valence-electron chi connectivity index (χ2n) is 6.41. The van der Waals surface area contributed by atoms with Crippen molar-refractivity contribution in [2.75, 3.05) is 12.0 Å². The van der Waals surface area contributed by atoms with Crippen molar-refractivity contribution < 1.29 is 19.4 Å². The predicted octanol–water partition coefficient (Wildman–Crippen LogP) is 3.48. The van der Waals surface area contributed by atoms with Gasteiger partial charge >= 0.3 is 5.91 Å². The zero-order valence-electron chi connectivity index (χ0n) is 15.7. The largest absolute Gasteiger partial charge is 0.507 e. The minimum atomic E-state index is -0.825. The van der Waals surface area contributed by atoms with E-state index >= 15 is 0 Å². The quantitative estimate of drug-likeness (QED) is 0.404. The lowest BCUT2D eigenvalue weighted by Gasteiger charge is -2.22. The number of aryl methyl sites for hydroxylation is 1. The molecule has 0 spiro atoms. The van der Waals surface area contributed by atoms with E-state index in [9.17, 15) is 14.7 Å². The molecule has 3 aromatic rings. The SMILES string of the molecule is COc1ccc([C@@H]2C(=C(O)c3ccccc3)C(=O)C(=O)N2c2nnc(C)s2)cc1. The third-order valence-corrected chi connectivity index (χ3v) is 5.48. The maximum atomic E-state index is 12.9. The molecule has 0 unspecified atom stereocenters. The lowest BCUT2D eigenvalue weighted by molar-refractivity contribution is -0.132. The Bertz CT molecular complexity index is 1110. The van der Waals surface area contributed by atoms with Crippen molar-refractivity contribution in [2.45, 2.75) is 13.0 Å². The smallest absolute Gasteiger partial charge is 0.301 e. The van der Waals surface area contributed by atoms with Crippen LogP contribution in [0, 0.1) is 6.92 Å². The summed E-state index contributed by atoms with van der Waals surface area (Å²) in [6.45, 7) is 1.77. The van der Waals surface area contributed by atoms with Crippen molar-refractivity contribution >= 4 is 33.9 Å². The highest BCUT2D eigenvalue weighted by molar-refractivity contribution is 7.15. The zero-order valence-corrected chi connectivity index (χ0v) is 16.5. The molecule has 8 heteroatoms. The highest BCUT2D eigenvalue weighted by Crippen LogP contribution is 2.43. The number of carbonyl (C=O) groups excluding carboxylic acids is 2. The Labute approximate surface area is 170 Å². The van der Waals surface area contributed by atoms with Gasteiger partial charge in [0.25, 0.3) is 5.78 Å². The fourth-order valence-electron chi connectivity index (χ4n) is 3.27. The first-order chi connectivity index (χ1) is 14.0. The van der Waals surface area contributed by atoms with E-state index in [1.165, 1.54) is 16.2 Å². The van der Waals surface area contributed by atoms with Crippen LogP contribution < -0.4 is 9.64 Å². The average Bonchev–Trinajstić information content (AvgIpc) is 3.29. The summed E-state index contributed by atoms with van der Waals surface area (Å²) in [5.74, 6) is -1.10. The maximum Gasteiger partial charge on any atom is 0.301 e. The second-order valence-corrected chi connectivity index (χ2v) is 7.57.